The lowest BCUT2D eigenvalue weighted by Crippen LogP contribution is -2.46. The molecule has 1 N–H and O–H groups in total. The molecule has 0 spiro atoms. The Kier molecular flexibility index (Phi) is 6.87. The van der Waals surface area contributed by atoms with E-state index in [1.54, 1.807) is 16.5 Å². The number of carbonyl (C=O) groups excluding carboxylic acids is 2. The lowest BCUT2D eigenvalue weighted by atomic mass is 10.1. The molecule has 0 fully saturated rings. The number of anilines is 2. The molecule has 3 aromatic carbocycles. The number of amides is 2. The van der Waals surface area contributed by atoms with Crippen LogP contribution in [-0.2, 0) is 22.7 Å². The van der Waals surface area contributed by atoms with Crippen molar-refractivity contribution in [2.45, 2.75) is 26.1 Å². The number of hydrogen-bond donors (Lipinski definition) is 1. The normalized spacial score (nSPS) is 11.7. The monoisotopic (exact) mass is 456 g/mol. The Balaban J connectivity index is 1.54. The fourth-order valence-corrected chi connectivity index (χ4v) is 3.71. The number of carbonyl (C=O) groups is 2. The zero-order valence-corrected chi connectivity index (χ0v) is 19.5. The minimum Gasteiger partial charge on any atom is -0.378 e. The maximum Gasteiger partial charge on any atom is 0.246 e. The number of nitrogens with one attached hydrogen (secondary N) is 1. The molecule has 4 aromatic rings. The molecule has 4 rings (SSSR count). The molecule has 2 amide bonds. The molecule has 0 bridgehead atoms. The highest BCUT2D eigenvalue weighted by Gasteiger charge is 2.27. The van der Waals surface area contributed by atoms with E-state index in [0.29, 0.717) is 12.2 Å². The average molecular weight is 457 g/mol. The van der Waals surface area contributed by atoms with Gasteiger partial charge in [0.15, 0.2) is 0 Å². The number of rotatable bonds is 8. The molecule has 0 aliphatic heterocycles. The molecule has 0 aliphatic rings. The van der Waals surface area contributed by atoms with Crippen LogP contribution in [0.4, 0.5) is 11.4 Å². The van der Waals surface area contributed by atoms with Crippen LogP contribution < -0.4 is 10.2 Å². The van der Waals surface area contributed by atoms with Crippen LogP contribution in [0.25, 0.3) is 11.0 Å². The minimum atomic E-state index is -0.698. The summed E-state index contributed by atoms with van der Waals surface area (Å²) in [5, 5.41) is 11.2. The maximum absolute atomic E-state index is 13.4. The van der Waals surface area contributed by atoms with Crippen molar-refractivity contribution >= 4 is 34.2 Å². The quantitative estimate of drug-likeness (QED) is 0.438. The predicted molar refractivity (Wildman–Crippen MR) is 133 cm³/mol. The van der Waals surface area contributed by atoms with Crippen LogP contribution in [0.15, 0.2) is 78.9 Å². The summed E-state index contributed by atoms with van der Waals surface area (Å²) in [6, 6.07) is 24.0. The molecule has 0 radical (unpaired) electrons. The predicted octanol–water partition coefficient (Wildman–Crippen LogP) is 3.55. The van der Waals surface area contributed by atoms with Gasteiger partial charge in [-0.1, -0.05) is 47.7 Å². The van der Waals surface area contributed by atoms with Gasteiger partial charge >= 0.3 is 0 Å². The summed E-state index contributed by atoms with van der Waals surface area (Å²) in [5.74, 6) is -0.476. The van der Waals surface area contributed by atoms with Crippen LogP contribution in [0.5, 0.6) is 0 Å². The number of benzene rings is 3. The van der Waals surface area contributed by atoms with Crippen molar-refractivity contribution in [1.29, 1.82) is 0 Å². The first-order valence-electron chi connectivity index (χ1n) is 11.1. The van der Waals surface area contributed by atoms with Crippen molar-refractivity contribution in [2.24, 2.45) is 0 Å². The molecular weight excluding hydrogens is 428 g/mol. The van der Waals surface area contributed by atoms with Crippen molar-refractivity contribution in [1.82, 2.24) is 19.9 Å². The summed E-state index contributed by atoms with van der Waals surface area (Å²) in [7, 11) is 3.92. The Morgan fingerprint density at radius 2 is 1.62 bits per heavy atom. The molecule has 0 saturated heterocycles. The maximum atomic E-state index is 13.4. The van der Waals surface area contributed by atoms with E-state index in [1.807, 2.05) is 97.9 Å². The van der Waals surface area contributed by atoms with Gasteiger partial charge in [-0.25, -0.2) is 4.68 Å². The molecule has 8 nitrogen and oxygen atoms in total. The highest BCUT2D eigenvalue weighted by Crippen LogP contribution is 2.18. The first-order valence-corrected chi connectivity index (χ1v) is 11.1. The largest absolute Gasteiger partial charge is 0.378 e. The van der Waals surface area contributed by atoms with Crippen molar-refractivity contribution in [3.8, 4) is 0 Å². The van der Waals surface area contributed by atoms with Crippen molar-refractivity contribution in [3.63, 3.8) is 0 Å². The second-order valence-electron chi connectivity index (χ2n) is 8.35. The number of para-hydroxylation sites is 1. The van der Waals surface area contributed by atoms with Crippen LogP contribution in [0.1, 0.15) is 12.5 Å². The third kappa shape index (κ3) is 5.23. The molecule has 1 aromatic heterocycles. The van der Waals surface area contributed by atoms with Gasteiger partial charge in [-0.05, 0) is 48.9 Å². The van der Waals surface area contributed by atoms with Gasteiger partial charge in [-0.15, -0.1) is 5.10 Å². The number of fused-ring (bicyclic) bond motifs is 1. The third-order valence-electron chi connectivity index (χ3n) is 5.72. The van der Waals surface area contributed by atoms with E-state index in [0.717, 1.165) is 22.3 Å². The molecule has 0 saturated carbocycles. The van der Waals surface area contributed by atoms with E-state index in [-0.39, 0.29) is 18.4 Å². The van der Waals surface area contributed by atoms with E-state index in [2.05, 4.69) is 15.6 Å². The van der Waals surface area contributed by atoms with Crippen LogP contribution in [-0.4, -0.2) is 51.8 Å². The van der Waals surface area contributed by atoms with Gasteiger partial charge in [0.25, 0.3) is 0 Å². The first kappa shape index (κ1) is 23.0. The molecule has 174 valence electrons. The van der Waals surface area contributed by atoms with Gasteiger partial charge < -0.3 is 15.1 Å². The van der Waals surface area contributed by atoms with Gasteiger partial charge in [0.05, 0.1) is 5.52 Å². The van der Waals surface area contributed by atoms with Gasteiger partial charge in [-0.3, -0.25) is 9.59 Å². The van der Waals surface area contributed by atoms with Crippen molar-refractivity contribution < 1.29 is 9.59 Å². The summed E-state index contributed by atoms with van der Waals surface area (Å²) < 4.78 is 1.57. The Morgan fingerprint density at radius 3 is 2.32 bits per heavy atom. The second kappa shape index (κ2) is 10.2. The van der Waals surface area contributed by atoms with Crippen LogP contribution in [0, 0.1) is 0 Å². The Bertz CT molecular complexity index is 1270. The van der Waals surface area contributed by atoms with Crippen molar-refractivity contribution in [3.05, 3.63) is 84.4 Å². The zero-order valence-electron chi connectivity index (χ0n) is 19.5. The Labute approximate surface area is 198 Å². The molecular formula is C26H28N6O2. The average Bonchev–Trinajstić information content (AvgIpc) is 3.25. The molecule has 34 heavy (non-hydrogen) atoms. The van der Waals surface area contributed by atoms with Crippen LogP contribution in [0.3, 0.4) is 0 Å². The van der Waals surface area contributed by atoms with E-state index >= 15 is 0 Å². The molecule has 1 atom stereocenters. The first-order chi connectivity index (χ1) is 16.4. The fraction of sp³-hybridized carbons (Fsp3) is 0.231. The number of aromatic nitrogens is 3. The molecule has 0 aliphatic carbocycles. The second-order valence-corrected chi connectivity index (χ2v) is 8.35. The van der Waals surface area contributed by atoms with Crippen LogP contribution in [0.2, 0.25) is 0 Å². The summed E-state index contributed by atoms with van der Waals surface area (Å²) in [6.07, 6.45) is 0. The minimum absolute atomic E-state index is 0.0114. The fourth-order valence-electron chi connectivity index (χ4n) is 3.71. The molecule has 8 heteroatoms. The van der Waals surface area contributed by atoms with E-state index in [4.69, 9.17) is 0 Å². The third-order valence-corrected chi connectivity index (χ3v) is 5.72. The summed E-state index contributed by atoms with van der Waals surface area (Å²) in [6.45, 7) is 2.03. The number of hydrogen-bond acceptors (Lipinski definition) is 5. The van der Waals surface area contributed by atoms with Crippen molar-refractivity contribution in [2.75, 3.05) is 24.3 Å². The Hall–Kier alpha value is -4.20. The SMILES string of the molecule is CC(C(=O)Nc1ccc(N(C)C)cc1)N(Cc1ccccc1)C(=O)Cn1nnc2ccccc21. The van der Waals surface area contributed by atoms with E-state index < -0.39 is 6.04 Å². The van der Waals surface area contributed by atoms with Gasteiger partial charge in [-0.2, -0.15) is 0 Å². The van der Waals surface area contributed by atoms with Crippen LogP contribution >= 0.6 is 0 Å². The molecule has 1 heterocycles. The highest BCUT2D eigenvalue weighted by atomic mass is 16.2. The molecule has 1 unspecified atom stereocenters. The van der Waals surface area contributed by atoms with Gasteiger partial charge in [0.2, 0.25) is 11.8 Å². The van der Waals surface area contributed by atoms with E-state index in [1.165, 1.54) is 0 Å². The smallest absolute Gasteiger partial charge is 0.246 e. The zero-order chi connectivity index (χ0) is 24.1. The van der Waals surface area contributed by atoms with E-state index in [9.17, 15) is 9.59 Å². The summed E-state index contributed by atoms with van der Waals surface area (Å²) in [5.41, 5.74) is 4.14. The van der Waals surface area contributed by atoms with Gasteiger partial charge in [0.1, 0.15) is 18.1 Å². The lowest BCUT2D eigenvalue weighted by molar-refractivity contribution is -0.139. The summed E-state index contributed by atoms with van der Waals surface area (Å²) >= 11 is 0. The topological polar surface area (TPSA) is 83.4 Å². The standard InChI is InChI=1S/C26H28N6O2/c1-19(26(34)27-21-13-15-22(16-14-21)30(2)3)31(17-20-9-5-4-6-10-20)25(33)18-32-24-12-8-7-11-23(24)28-29-32/h4-16,19H,17-18H2,1-3H3,(H,27,34). The lowest BCUT2D eigenvalue weighted by Gasteiger charge is -2.29. The Morgan fingerprint density at radius 1 is 0.941 bits per heavy atom. The summed E-state index contributed by atoms with van der Waals surface area (Å²) in [4.78, 5) is 30.1. The highest BCUT2D eigenvalue weighted by molar-refractivity contribution is 5.97. The van der Waals surface area contributed by atoms with Gasteiger partial charge in [0, 0.05) is 32.0 Å². The number of nitrogens with zero attached hydrogens (tertiary/aromatic N) is 5.